The van der Waals surface area contributed by atoms with E-state index >= 15 is 0 Å². The van der Waals surface area contributed by atoms with E-state index in [2.05, 4.69) is 24.3 Å². The molecule has 0 radical (unpaired) electrons. The molecule has 22 heavy (non-hydrogen) atoms. The number of carbonyl (C=O) groups is 1. The molecule has 0 bridgehead atoms. The highest BCUT2D eigenvalue weighted by Crippen LogP contribution is 2.16. The Morgan fingerprint density at radius 2 is 1.82 bits per heavy atom. The van der Waals surface area contributed by atoms with Gasteiger partial charge in [0.15, 0.2) is 6.61 Å². The van der Waals surface area contributed by atoms with Crippen LogP contribution in [0.25, 0.3) is 0 Å². The summed E-state index contributed by atoms with van der Waals surface area (Å²) in [5, 5.41) is 6.54. The smallest absolute Gasteiger partial charge is 0.265 e. The molecular weight excluding hydrogens is 276 g/mol. The van der Waals surface area contributed by atoms with Crippen molar-refractivity contribution in [1.29, 1.82) is 0 Å². The van der Waals surface area contributed by atoms with Gasteiger partial charge in [0.1, 0.15) is 0 Å². The standard InChI is InChI=1S/C18H20N2O2/c1-14(2)16-8-10-17(11-9-16)20-18(21)13-22-19-12-15-6-4-3-5-7-15/h3-12,14H,13H2,1-2H3,(H,20,21)/b19-12+. The van der Waals surface area contributed by atoms with Crippen LogP contribution in [-0.2, 0) is 9.63 Å². The van der Waals surface area contributed by atoms with E-state index in [1.807, 2.05) is 54.6 Å². The molecule has 1 N–H and O–H groups in total. The molecule has 1 amide bonds. The number of carbonyl (C=O) groups excluding carboxylic acids is 1. The summed E-state index contributed by atoms with van der Waals surface area (Å²) in [6.07, 6.45) is 1.57. The van der Waals surface area contributed by atoms with Crippen LogP contribution in [0, 0.1) is 0 Å². The summed E-state index contributed by atoms with van der Waals surface area (Å²) in [5.74, 6) is 0.239. The SMILES string of the molecule is CC(C)c1ccc(NC(=O)CO/N=C/c2ccccc2)cc1. The van der Waals surface area contributed by atoms with E-state index in [0.717, 1.165) is 11.3 Å². The molecule has 4 nitrogen and oxygen atoms in total. The molecule has 0 unspecified atom stereocenters. The molecular formula is C18H20N2O2. The highest BCUT2D eigenvalue weighted by atomic mass is 16.6. The van der Waals surface area contributed by atoms with E-state index in [9.17, 15) is 4.79 Å². The number of benzene rings is 2. The minimum atomic E-state index is -0.234. The number of nitrogens with one attached hydrogen (secondary N) is 1. The molecule has 0 saturated heterocycles. The Labute approximate surface area is 130 Å². The van der Waals surface area contributed by atoms with Gasteiger partial charge in [0.2, 0.25) is 0 Å². The molecule has 0 saturated carbocycles. The second-order valence-electron chi connectivity index (χ2n) is 5.24. The van der Waals surface area contributed by atoms with Gasteiger partial charge in [-0.25, -0.2) is 0 Å². The quantitative estimate of drug-likeness (QED) is 0.651. The van der Waals surface area contributed by atoms with Crippen molar-refractivity contribution in [3.63, 3.8) is 0 Å². The van der Waals surface area contributed by atoms with Crippen LogP contribution in [0.2, 0.25) is 0 Å². The second kappa shape index (κ2) is 7.98. The van der Waals surface area contributed by atoms with Crippen LogP contribution in [0.3, 0.4) is 0 Å². The molecule has 0 heterocycles. The van der Waals surface area contributed by atoms with E-state index < -0.39 is 0 Å². The van der Waals surface area contributed by atoms with Crippen LogP contribution < -0.4 is 5.32 Å². The van der Waals surface area contributed by atoms with Gasteiger partial charge in [0, 0.05) is 5.69 Å². The van der Waals surface area contributed by atoms with E-state index in [-0.39, 0.29) is 12.5 Å². The summed E-state index contributed by atoms with van der Waals surface area (Å²) < 4.78 is 0. The topological polar surface area (TPSA) is 50.7 Å². The predicted octanol–water partition coefficient (Wildman–Crippen LogP) is 3.80. The molecule has 0 spiro atoms. The van der Waals surface area contributed by atoms with E-state index in [1.54, 1.807) is 6.21 Å². The van der Waals surface area contributed by atoms with Crippen LogP contribution in [0.4, 0.5) is 5.69 Å². The van der Waals surface area contributed by atoms with Crippen molar-refractivity contribution < 1.29 is 9.63 Å². The molecule has 4 heteroatoms. The number of rotatable bonds is 6. The van der Waals surface area contributed by atoms with Gasteiger partial charge in [0.05, 0.1) is 6.21 Å². The maximum Gasteiger partial charge on any atom is 0.265 e. The Kier molecular flexibility index (Phi) is 5.72. The van der Waals surface area contributed by atoms with Crippen LogP contribution in [0.15, 0.2) is 59.8 Å². The molecule has 0 aliphatic carbocycles. The molecule has 0 atom stereocenters. The average molecular weight is 296 g/mol. The Morgan fingerprint density at radius 3 is 2.45 bits per heavy atom. The van der Waals surface area contributed by atoms with Gasteiger partial charge >= 0.3 is 0 Å². The van der Waals surface area contributed by atoms with Gasteiger partial charge < -0.3 is 10.2 Å². The normalized spacial score (nSPS) is 10.9. The third-order valence-corrected chi connectivity index (χ3v) is 3.13. The Morgan fingerprint density at radius 1 is 1.14 bits per heavy atom. The highest BCUT2D eigenvalue weighted by Gasteiger charge is 2.03. The van der Waals surface area contributed by atoms with Crippen molar-refractivity contribution in [1.82, 2.24) is 0 Å². The summed E-state index contributed by atoms with van der Waals surface area (Å²) in [4.78, 5) is 16.7. The fourth-order valence-electron chi connectivity index (χ4n) is 1.88. The van der Waals surface area contributed by atoms with Crippen molar-refractivity contribution in [2.24, 2.45) is 5.16 Å². The summed E-state index contributed by atoms with van der Waals surface area (Å²) in [6, 6.07) is 17.4. The zero-order chi connectivity index (χ0) is 15.8. The Hall–Kier alpha value is -2.62. The van der Waals surface area contributed by atoms with E-state index in [1.165, 1.54) is 5.56 Å². The molecule has 2 aromatic carbocycles. The lowest BCUT2D eigenvalue weighted by atomic mass is 10.0. The van der Waals surface area contributed by atoms with Crippen LogP contribution in [-0.4, -0.2) is 18.7 Å². The van der Waals surface area contributed by atoms with Gasteiger partial charge in [-0.1, -0.05) is 61.5 Å². The largest absolute Gasteiger partial charge is 0.386 e. The molecule has 0 aliphatic heterocycles. The van der Waals surface area contributed by atoms with Crippen molar-refractivity contribution in [2.45, 2.75) is 19.8 Å². The maximum absolute atomic E-state index is 11.7. The van der Waals surface area contributed by atoms with E-state index in [0.29, 0.717) is 5.92 Å². The molecule has 0 aliphatic rings. The fraction of sp³-hybridized carbons (Fsp3) is 0.222. The summed E-state index contributed by atoms with van der Waals surface area (Å²) in [6.45, 7) is 4.15. The first kappa shape index (κ1) is 15.8. The fourth-order valence-corrected chi connectivity index (χ4v) is 1.88. The average Bonchev–Trinajstić information content (AvgIpc) is 2.53. The number of amides is 1. The first-order chi connectivity index (χ1) is 10.6. The number of anilines is 1. The van der Waals surface area contributed by atoms with Crippen LogP contribution in [0.1, 0.15) is 30.9 Å². The third kappa shape index (κ3) is 5.05. The molecule has 114 valence electrons. The second-order valence-corrected chi connectivity index (χ2v) is 5.24. The predicted molar refractivity (Wildman–Crippen MR) is 89.1 cm³/mol. The summed E-state index contributed by atoms with van der Waals surface area (Å²) in [5.41, 5.74) is 2.92. The number of hydrogen-bond acceptors (Lipinski definition) is 3. The summed E-state index contributed by atoms with van der Waals surface area (Å²) in [7, 11) is 0. The van der Waals surface area contributed by atoms with Gasteiger partial charge in [-0.2, -0.15) is 0 Å². The molecule has 0 fully saturated rings. The lowest BCUT2D eigenvalue weighted by molar-refractivity contribution is -0.120. The van der Waals surface area contributed by atoms with Crippen molar-refractivity contribution >= 4 is 17.8 Å². The van der Waals surface area contributed by atoms with Crippen molar-refractivity contribution in [3.8, 4) is 0 Å². The zero-order valence-electron chi connectivity index (χ0n) is 12.8. The van der Waals surface area contributed by atoms with E-state index in [4.69, 9.17) is 4.84 Å². The zero-order valence-corrected chi connectivity index (χ0v) is 12.8. The monoisotopic (exact) mass is 296 g/mol. The lowest BCUT2D eigenvalue weighted by Crippen LogP contribution is -2.16. The Balaban J connectivity index is 1.77. The van der Waals surface area contributed by atoms with Gasteiger partial charge in [-0.05, 0) is 29.2 Å². The number of oxime groups is 1. The summed E-state index contributed by atoms with van der Waals surface area (Å²) >= 11 is 0. The number of nitrogens with zero attached hydrogens (tertiary/aromatic N) is 1. The van der Waals surface area contributed by atoms with Crippen LogP contribution in [0.5, 0.6) is 0 Å². The third-order valence-electron chi connectivity index (χ3n) is 3.13. The maximum atomic E-state index is 11.7. The highest BCUT2D eigenvalue weighted by molar-refractivity contribution is 5.91. The first-order valence-electron chi connectivity index (χ1n) is 7.25. The minimum absolute atomic E-state index is 0.116. The van der Waals surface area contributed by atoms with Gasteiger partial charge in [-0.3, -0.25) is 4.79 Å². The van der Waals surface area contributed by atoms with Crippen LogP contribution >= 0.6 is 0 Å². The first-order valence-corrected chi connectivity index (χ1v) is 7.25. The number of hydrogen-bond donors (Lipinski definition) is 1. The lowest BCUT2D eigenvalue weighted by Gasteiger charge is -2.08. The van der Waals surface area contributed by atoms with Crippen molar-refractivity contribution in [3.05, 3.63) is 65.7 Å². The molecule has 2 aromatic rings. The molecule has 0 aromatic heterocycles. The molecule has 2 rings (SSSR count). The van der Waals surface area contributed by atoms with Gasteiger partial charge in [-0.15, -0.1) is 0 Å². The Bertz CT molecular complexity index is 619. The van der Waals surface area contributed by atoms with Gasteiger partial charge in [0.25, 0.3) is 5.91 Å². The van der Waals surface area contributed by atoms with Crippen molar-refractivity contribution in [2.75, 3.05) is 11.9 Å². The minimum Gasteiger partial charge on any atom is -0.386 e.